The van der Waals surface area contributed by atoms with Crippen molar-refractivity contribution in [3.05, 3.63) is 40.7 Å². The van der Waals surface area contributed by atoms with Crippen LogP contribution in [-0.2, 0) is 0 Å². The van der Waals surface area contributed by atoms with Gasteiger partial charge in [0.25, 0.3) is 5.56 Å². The van der Waals surface area contributed by atoms with Crippen molar-refractivity contribution in [1.29, 1.82) is 0 Å². The first-order valence-electron chi connectivity index (χ1n) is 6.57. The molecule has 0 saturated carbocycles. The quantitative estimate of drug-likeness (QED) is 0.784. The van der Waals surface area contributed by atoms with Crippen LogP contribution >= 0.6 is 7.92 Å². The van der Waals surface area contributed by atoms with Crippen molar-refractivity contribution in [3.8, 4) is 0 Å². The highest BCUT2D eigenvalue weighted by molar-refractivity contribution is 7.67. The molecule has 1 fully saturated rings. The molecule has 1 N–H and O–H groups in total. The van der Waals surface area contributed by atoms with E-state index in [1.807, 2.05) is 24.3 Å². The molecule has 0 bridgehead atoms. The van der Waals surface area contributed by atoms with Crippen molar-refractivity contribution < 1.29 is 0 Å². The number of hydrogen-bond donors (Lipinski definition) is 1. The summed E-state index contributed by atoms with van der Waals surface area (Å²) in [4.78, 5) is 15.3. The summed E-state index contributed by atoms with van der Waals surface area (Å²) < 4.78 is 0. The fourth-order valence-corrected chi connectivity index (χ4v) is 6.20. The van der Waals surface area contributed by atoms with Gasteiger partial charge in [0.1, 0.15) is 0 Å². The molecular weight excluding hydrogens is 241 g/mol. The number of rotatable bonds is 1. The predicted molar refractivity (Wildman–Crippen MR) is 79.3 cm³/mol. The first-order chi connectivity index (χ1) is 8.66. The van der Waals surface area contributed by atoms with E-state index in [0.717, 1.165) is 22.1 Å². The standard InChI is InChI=1S/C15H18NOP/c1-10-7-8-11(2)18(10)14-9-12-5-3-4-6-13(12)15(17)16-14/h3-6,9-11H,7-8H2,1-2H3,(H,16,17). The Labute approximate surface area is 108 Å². The van der Waals surface area contributed by atoms with Gasteiger partial charge in [0, 0.05) is 10.8 Å². The minimum atomic E-state index is -0.208. The van der Waals surface area contributed by atoms with Crippen LogP contribution in [-0.4, -0.2) is 16.3 Å². The molecule has 2 aromatic rings. The molecule has 1 saturated heterocycles. The van der Waals surface area contributed by atoms with Crippen LogP contribution in [0.25, 0.3) is 10.8 Å². The summed E-state index contributed by atoms with van der Waals surface area (Å²) in [5.74, 6) is 0. The maximum Gasteiger partial charge on any atom is 0.256 e. The summed E-state index contributed by atoms with van der Waals surface area (Å²) in [5.41, 5.74) is 2.71. The second-order valence-corrected chi connectivity index (χ2v) is 8.31. The largest absolute Gasteiger partial charge is 0.322 e. The maximum atomic E-state index is 12.1. The van der Waals surface area contributed by atoms with Crippen LogP contribution in [0.3, 0.4) is 0 Å². The van der Waals surface area contributed by atoms with E-state index in [1.54, 1.807) is 0 Å². The van der Waals surface area contributed by atoms with E-state index in [2.05, 4.69) is 24.9 Å². The van der Waals surface area contributed by atoms with E-state index in [9.17, 15) is 4.79 Å². The number of aromatic nitrogens is 1. The summed E-state index contributed by atoms with van der Waals surface area (Å²) in [6, 6.07) is 10.0. The lowest BCUT2D eigenvalue weighted by molar-refractivity contribution is 0.777. The Bertz CT molecular complexity index is 624. The Morgan fingerprint density at radius 1 is 1.17 bits per heavy atom. The van der Waals surface area contributed by atoms with Gasteiger partial charge >= 0.3 is 0 Å². The van der Waals surface area contributed by atoms with Gasteiger partial charge in [-0.25, -0.2) is 0 Å². The van der Waals surface area contributed by atoms with E-state index in [0.29, 0.717) is 0 Å². The molecule has 2 heterocycles. The minimum Gasteiger partial charge on any atom is -0.322 e. The molecule has 1 aromatic heterocycles. The van der Waals surface area contributed by atoms with E-state index in [1.165, 1.54) is 18.3 Å². The van der Waals surface area contributed by atoms with Crippen molar-refractivity contribution in [2.45, 2.75) is 38.0 Å². The van der Waals surface area contributed by atoms with Crippen LogP contribution in [0, 0.1) is 0 Å². The molecular formula is C15H18NOP. The molecule has 2 unspecified atom stereocenters. The molecule has 2 atom stereocenters. The molecule has 1 aliphatic heterocycles. The molecule has 0 amide bonds. The SMILES string of the molecule is CC1CCC(C)P1c1cc2ccccc2c(=O)[nH]1. The Balaban J connectivity index is 2.16. The van der Waals surface area contributed by atoms with Crippen LogP contribution < -0.4 is 11.0 Å². The number of nitrogens with one attached hydrogen (secondary N) is 1. The third-order valence-corrected chi connectivity index (χ3v) is 7.18. The van der Waals surface area contributed by atoms with Crippen molar-refractivity contribution >= 4 is 24.1 Å². The number of aromatic amines is 1. The molecule has 1 aliphatic rings. The molecule has 3 heteroatoms. The van der Waals surface area contributed by atoms with E-state index >= 15 is 0 Å². The number of pyridine rings is 1. The van der Waals surface area contributed by atoms with Crippen LogP contribution in [0.15, 0.2) is 35.1 Å². The lowest BCUT2D eigenvalue weighted by Crippen LogP contribution is -2.22. The normalized spacial score (nSPS) is 27.8. The number of fused-ring (bicyclic) bond motifs is 1. The van der Waals surface area contributed by atoms with Gasteiger partial charge in [0.05, 0.1) is 0 Å². The van der Waals surface area contributed by atoms with Gasteiger partial charge in [0.2, 0.25) is 0 Å². The third kappa shape index (κ3) is 1.89. The summed E-state index contributed by atoms with van der Waals surface area (Å²) in [6.07, 6.45) is 2.59. The zero-order valence-corrected chi connectivity index (χ0v) is 11.7. The van der Waals surface area contributed by atoms with Gasteiger partial charge in [0.15, 0.2) is 0 Å². The summed E-state index contributed by atoms with van der Waals surface area (Å²) in [5, 5.41) is 1.88. The van der Waals surface area contributed by atoms with Crippen molar-refractivity contribution in [3.63, 3.8) is 0 Å². The van der Waals surface area contributed by atoms with Gasteiger partial charge in [-0.15, -0.1) is 0 Å². The fourth-order valence-electron chi connectivity index (χ4n) is 3.01. The highest BCUT2D eigenvalue weighted by Crippen LogP contribution is 2.53. The number of hydrogen-bond acceptors (Lipinski definition) is 1. The molecule has 3 rings (SSSR count). The molecule has 0 aliphatic carbocycles. The molecule has 2 nitrogen and oxygen atoms in total. The van der Waals surface area contributed by atoms with Crippen molar-refractivity contribution in [2.75, 3.05) is 0 Å². The van der Waals surface area contributed by atoms with Crippen LogP contribution in [0.5, 0.6) is 0 Å². The summed E-state index contributed by atoms with van der Waals surface area (Å²) >= 11 is 0. The van der Waals surface area contributed by atoms with Crippen LogP contribution in [0.1, 0.15) is 26.7 Å². The molecule has 0 spiro atoms. The Morgan fingerprint density at radius 2 is 1.83 bits per heavy atom. The Morgan fingerprint density at radius 3 is 2.56 bits per heavy atom. The first-order valence-corrected chi connectivity index (χ1v) is 8.05. The van der Waals surface area contributed by atoms with Crippen molar-refractivity contribution in [1.82, 2.24) is 4.98 Å². The van der Waals surface area contributed by atoms with Gasteiger partial charge < -0.3 is 4.98 Å². The lowest BCUT2D eigenvalue weighted by Gasteiger charge is -2.21. The van der Waals surface area contributed by atoms with Crippen LogP contribution in [0.2, 0.25) is 0 Å². The second-order valence-electron chi connectivity index (χ2n) is 5.25. The molecule has 18 heavy (non-hydrogen) atoms. The smallest absolute Gasteiger partial charge is 0.256 e. The monoisotopic (exact) mass is 259 g/mol. The Kier molecular flexibility index (Phi) is 2.99. The van der Waals surface area contributed by atoms with Gasteiger partial charge in [-0.05, 0) is 41.7 Å². The van der Waals surface area contributed by atoms with E-state index in [-0.39, 0.29) is 13.5 Å². The zero-order chi connectivity index (χ0) is 12.7. The minimum absolute atomic E-state index is 0.0666. The zero-order valence-electron chi connectivity index (χ0n) is 10.8. The third-order valence-electron chi connectivity index (χ3n) is 3.97. The topological polar surface area (TPSA) is 32.9 Å². The highest BCUT2D eigenvalue weighted by Gasteiger charge is 2.31. The molecule has 94 valence electrons. The number of benzene rings is 1. The summed E-state index contributed by atoms with van der Waals surface area (Å²) in [7, 11) is -0.208. The molecule has 1 aromatic carbocycles. The van der Waals surface area contributed by atoms with Gasteiger partial charge in [-0.1, -0.05) is 40.0 Å². The van der Waals surface area contributed by atoms with Gasteiger partial charge in [-0.3, -0.25) is 4.79 Å². The number of H-pyrrole nitrogens is 1. The highest BCUT2D eigenvalue weighted by atomic mass is 31.1. The Hall–Kier alpha value is -1.14. The molecule has 0 radical (unpaired) electrons. The average Bonchev–Trinajstić information content (AvgIpc) is 2.69. The van der Waals surface area contributed by atoms with E-state index < -0.39 is 0 Å². The first kappa shape index (κ1) is 11.9. The van der Waals surface area contributed by atoms with Crippen molar-refractivity contribution in [2.24, 2.45) is 0 Å². The lowest BCUT2D eigenvalue weighted by atomic mass is 10.2. The maximum absolute atomic E-state index is 12.1. The summed E-state index contributed by atoms with van der Waals surface area (Å²) in [6.45, 7) is 4.64. The van der Waals surface area contributed by atoms with E-state index in [4.69, 9.17) is 0 Å². The van der Waals surface area contributed by atoms with Gasteiger partial charge in [-0.2, -0.15) is 0 Å². The predicted octanol–water partition coefficient (Wildman–Crippen LogP) is 3.21. The average molecular weight is 259 g/mol. The second kappa shape index (κ2) is 4.51. The van der Waals surface area contributed by atoms with Crippen LogP contribution in [0.4, 0.5) is 0 Å². The fraction of sp³-hybridized carbons (Fsp3) is 0.400.